The van der Waals surface area contributed by atoms with Crippen LogP contribution in [0.4, 0.5) is 17.8 Å². The van der Waals surface area contributed by atoms with Gasteiger partial charge < -0.3 is 20.3 Å². The summed E-state index contributed by atoms with van der Waals surface area (Å²) in [6.07, 6.45) is 5.15. The summed E-state index contributed by atoms with van der Waals surface area (Å²) >= 11 is 0. The average molecular weight is 290 g/mol. The Bertz CT molecular complexity index is 510. The highest BCUT2D eigenvalue weighted by molar-refractivity contribution is 5.45. The average Bonchev–Trinajstić information content (AvgIpc) is 3.38. The number of nitrogens with zero attached hydrogens (tertiary/aromatic N) is 5. The van der Waals surface area contributed by atoms with Crippen LogP contribution in [0.25, 0.3) is 0 Å². The maximum Gasteiger partial charge on any atom is 0.232 e. The third kappa shape index (κ3) is 3.02. The molecule has 0 spiro atoms. The first-order valence-electron chi connectivity index (χ1n) is 7.90. The zero-order valence-corrected chi connectivity index (χ0v) is 12.2. The Kier molecular flexibility index (Phi) is 3.29. The predicted octanol–water partition coefficient (Wildman–Crippen LogP) is 0.669. The van der Waals surface area contributed by atoms with Gasteiger partial charge in [-0.1, -0.05) is 0 Å². The van der Waals surface area contributed by atoms with Crippen LogP contribution in [-0.4, -0.2) is 53.8 Å². The number of anilines is 3. The van der Waals surface area contributed by atoms with Gasteiger partial charge in [-0.3, -0.25) is 0 Å². The van der Waals surface area contributed by atoms with Gasteiger partial charge in [-0.15, -0.1) is 0 Å². The Morgan fingerprint density at radius 1 is 1.10 bits per heavy atom. The zero-order valence-electron chi connectivity index (χ0n) is 12.2. The lowest BCUT2D eigenvalue weighted by molar-refractivity contribution is 0.122. The fourth-order valence-electron chi connectivity index (χ4n) is 2.76. The van der Waals surface area contributed by atoms with Crippen LogP contribution in [-0.2, 0) is 4.74 Å². The third-order valence-electron chi connectivity index (χ3n) is 4.32. The highest BCUT2D eigenvalue weighted by Crippen LogP contribution is 2.36. The molecule has 1 aliphatic heterocycles. The molecule has 0 amide bonds. The maximum atomic E-state index is 5.92. The Morgan fingerprint density at radius 3 is 2.52 bits per heavy atom. The van der Waals surface area contributed by atoms with E-state index in [1.807, 2.05) is 0 Å². The van der Waals surface area contributed by atoms with Gasteiger partial charge in [0, 0.05) is 25.7 Å². The number of rotatable bonds is 5. The van der Waals surface area contributed by atoms with Gasteiger partial charge in [0.1, 0.15) is 0 Å². The molecule has 0 atom stereocenters. The number of hydrogen-bond donors (Lipinski definition) is 1. The summed E-state index contributed by atoms with van der Waals surface area (Å²) in [6.45, 7) is 4.13. The van der Waals surface area contributed by atoms with Crippen LogP contribution < -0.4 is 15.5 Å². The molecule has 3 fully saturated rings. The summed E-state index contributed by atoms with van der Waals surface area (Å²) in [5.74, 6) is 2.60. The van der Waals surface area contributed by atoms with E-state index in [2.05, 4.69) is 19.8 Å². The number of nitrogen functional groups attached to an aromatic ring is 1. The summed E-state index contributed by atoms with van der Waals surface area (Å²) in [5.41, 5.74) is 5.92. The molecule has 2 heterocycles. The van der Waals surface area contributed by atoms with Crippen molar-refractivity contribution in [3.8, 4) is 0 Å². The van der Waals surface area contributed by atoms with E-state index in [0.29, 0.717) is 17.9 Å². The van der Waals surface area contributed by atoms with Crippen molar-refractivity contribution in [3.05, 3.63) is 0 Å². The Morgan fingerprint density at radius 2 is 1.86 bits per heavy atom. The van der Waals surface area contributed by atoms with Crippen LogP contribution in [0.15, 0.2) is 0 Å². The van der Waals surface area contributed by atoms with Gasteiger partial charge in [-0.25, -0.2) is 0 Å². The molecule has 7 nitrogen and oxygen atoms in total. The molecular weight excluding hydrogens is 268 g/mol. The van der Waals surface area contributed by atoms with E-state index < -0.39 is 0 Å². The van der Waals surface area contributed by atoms with Gasteiger partial charge >= 0.3 is 0 Å². The molecule has 0 radical (unpaired) electrons. The smallest absolute Gasteiger partial charge is 0.232 e. The van der Waals surface area contributed by atoms with E-state index in [1.54, 1.807) is 0 Å². The number of morpholine rings is 1. The molecule has 21 heavy (non-hydrogen) atoms. The molecular formula is C14H22N6O. The Balaban J connectivity index is 1.59. The van der Waals surface area contributed by atoms with Crippen molar-refractivity contribution in [1.82, 2.24) is 15.0 Å². The SMILES string of the molecule is Nc1nc(N2CCOCC2)nc(N(CC2CC2)C2CC2)n1. The molecule has 1 aromatic heterocycles. The Labute approximate surface area is 124 Å². The first-order valence-corrected chi connectivity index (χ1v) is 7.90. The molecule has 0 unspecified atom stereocenters. The first kappa shape index (κ1) is 13.1. The third-order valence-corrected chi connectivity index (χ3v) is 4.32. The number of ether oxygens (including phenoxy) is 1. The van der Waals surface area contributed by atoms with Crippen molar-refractivity contribution in [2.75, 3.05) is 48.4 Å². The molecule has 7 heteroatoms. The predicted molar refractivity (Wildman–Crippen MR) is 80.4 cm³/mol. The molecule has 1 aromatic rings. The molecule has 2 saturated carbocycles. The largest absolute Gasteiger partial charge is 0.378 e. The number of nitrogens with two attached hydrogens (primary N) is 1. The monoisotopic (exact) mass is 290 g/mol. The van der Waals surface area contributed by atoms with Crippen molar-refractivity contribution in [2.24, 2.45) is 5.92 Å². The van der Waals surface area contributed by atoms with Gasteiger partial charge in [0.2, 0.25) is 17.8 Å². The molecule has 0 aromatic carbocycles. The topological polar surface area (TPSA) is 80.4 Å². The maximum absolute atomic E-state index is 5.92. The summed E-state index contributed by atoms with van der Waals surface area (Å²) in [5, 5.41) is 0. The van der Waals surface area contributed by atoms with E-state index in [9.17, 15) is 0 Å². The normalized spacial score (nSPS) is 22.4. The highest BCUT2D eigenvalue weighted by Gasteiger charge is 2.35. The summed E-state index contributed by atoms with van der Waals surface area (Å²) < 4.78 is 5.38. The van der Waals surface area contributed by atoms with Gasteiger partial charge in [0.05, 0.1) is 13.2 Å². The lowest BCUT2D eigenvalue weighted by atomic mass is 10.3. The molecule has 2 aliphatic carbocycles. The second kappa shape index (κ2) is 5.29. The van der Waals surface area contributed by atoms with Crippen LogP contribution in [0.5, 0.6) is 0 Å². The van der Waals surface area contributed by atoms with Crippen molar-refractivity contribution < 1.29 is 4.74 Å². The lowest BCUT2D eigenvalue weighted by Crippen LogP contribution is -2.38. The summed E-state index contributed by atoms with van der Waals surface area (Å²) in [7, 11) is 0. The second-order valence-electron chi connectivity index (χ2n) is 6.22. The fraction of sp³-hybridized carbons (Fsp3) is 0.786. The number of hydrogen-bond acceptors (Lipinski definition) is 7. The standard InChI is InChI=1S/C14H22N6O/c15-12-16-13(19-5-7-21-8-6-19)18-14(17-12)20(11-3-4-11)9-10-1-2-10/h10-11H,1-9H2,(H2,15,16,17,18). The second-order valence-corrected chi connectivity index (χ2v) is 6.22. The van der Waals surface area contributed by atoms with E-state index in [1.165, 1.54) is 25.7 Å². The van der Waals surface area contributed by atoms with E-state index >= 15 is 0 Å². The van der Waals surface area contributed by atoms with Gasteiger partial charge in [0.25, 0.3) is 0 Å². The van der Waals surface area contributed by atoms with Crippen molar-refractivity contribution in [1.29, 1.82) is 0 Å². The van der Waals surface area contributed by atoms with Crippen molar-refractivity contribution >= 4 is 17.8 Å². The molecule has 1 saturated heterocycles. The van der Waals surface area contributed by atoms with E-state index in [4.69, 9.17) is 15.5 Å². The van der Waals surface area contributed by atoms with Crippen LogP contribution in [0.1, 0.15) is 25.7 Å². The molecule has 3 aliphatic rings. The van der Waals surface area contributed by atoms with Crippen molar-refractivity contribution in [3.63, 3.8) is 0 Å². The van der Waals surface area contributed by atoms with Crippen LogP contribution >= 0.6 is 0 Å². The number of aromatic nitrogens is 3. The first-order chi connectivity index (χ1) is 10.3. The van der Waals surface area contributed by atoms with Gasteiger partial charge in [-0.2, -0.15) is 15.0 Å². The van der Waals surface area contributed by atoms with E-state index in [-0.39, 0.29) is 0 Å². The van der Waals surface area contributed by atoms with Crippen LogP contribution in [0.3, 0.4) is 0 Å². The van der Waals surface area contributed by atoms with Crippen LogP contribution in [0.2, 0.25) is 0 Å². The molecule has 4 rings (SSSR count). The molecule has 0 bridgehead atoms. The minimum atomic E-state index is 0.322. The Hall–Kier alpha value is -1.63. The quantitative estimate of drug-likeness (QED) is 0.853. The lowest BCUT2D eigenvalue weighted by Gasteiger charge is -2.28. The minimum absolute atomic E-state index is 0.322. The molecule has 114 valence electrons. The summed E-state index contributed by atoms with van der Waals surface area (Å²) in [4.78, 5) is 17.9. The minimum Gasteiger partial charge on any atom is -0.378 e. The van der Waals surface area contributed by atoms with Crippen molar-refractivity contribution in [2.45, 2.75) is 31.7 Å². The zero-order chi connectivity index (χ0) is 14.2. The van der Waals surface area contributed by atoms with Gasteiger partial charge in [0.15, 0.2) is 0 Å². The molecule has 2 N–H and O–H groups in total. The van der Waals surface area contributed by atoms with Gasteiger partial charge in [-0.05, 0) is 31.6 Å². The van der Waals surface area contributed by atoms with E-state index in [0.717, 1.165) is 44.7 Å². The summed E-state index contributed by atoms with van der Waals surface area (Å²) in [6, 6.07) is 0.602. The highest BCUT2D eigenvalue weighted by atomic mass is 16.5. The fourth-order valence-corrected chi connectivity index (χ4v) is 2.76. The van der Waals surface area contributed by atoms with Crippen LogP contribution in [0, 0.1) is 5.92 Å².